The molecule has 1 fully saturated rings. The first-order valence-electron chi connectivity index (χ1n) is 5.44. The molecule has 1 rings (SSSR count). The van der Waals surface area contributed by atoms with Crippen molar-refractivity contribution in [2.75, 3.05) is 19.8 Å². The van der Waals surface area contributed by atoms with E-state index in [1.54, 1.807) is 4.90 Å². The van der Waals surface area contributed by atoms with E-state index < -0.39 is 5.97 Å². The van der Waals surface area contributed by atoms with Crippen molar-refractivity contribution in [3.05, 3.63) is 12.2 Å². The van der Waals surface area contributed by atoms with Crippen molar-refractivity contribution in [3.63, 3.8) is 0 Å². The van der Waals surface area contributed by atoms with Gasteiger partial charge in [-0.05, 0) is 19.8 Å². The van der Waals surface area contributed by atoms with Crippen LogP contribution in [0, 0.1) is 0 Å². The van der Waals surface area contributed by atoms with Crippen molar-refractivity contribution in [1.82, 2.24) is 4.90 Å². The molecule has 1 aliphatic rings. The molecular weight excluding hydrogens is 210 g/mol. The molecule has 5 nitrogen and oxygen atoms in total. The third-order valence-corrected chi connectivity index (χ3v) is 2.54. The van der Waals surface area contributed by atoms with Crippen LogP contribution < -0.4 is 0 Å². The second kappa shape index (κ2) is 6.27. The van der Waals surface area contributed by atoms with Gasteiger partial charge in [0.2, 0.25) is 5.91 Å². The summed E-state index contributed by atoms with van der Waals surface area (Å²) in [5.41, 5.74) is 0. The monoisotopic (exact) mass is 227 g/mol. The zero-order chi connectivity index (χ0) is 12.0. The first kappa shape index (κ1) is 12.7. The van der Waals surface area contributed by atoms with Gasteiger partial charge in [-0.2, -0.15) is 0 Å². The molecule has 0 spiro atoms. The molecule has 1 atom stereocenters. The van der Waals surface area contributed by atoms with E-state index in [0.717, 1.165) is 25.0 Å². The van der Waals surface area contributed by atoms with Gasteiger partial charge in [-0.15, -0.1) is 0 Å². The van der Waals surface area contributed by atoms with Gasteiger partial charge in [0.15, 0.2) is 0 Å². The normalized spacial score (nSPS) is 20.6. The van der Waals surface area contributed by atoms with Crippen LogP contribution >= 0.6 is 0 Å². The third-order valence-electron chi connectivity index (χ3n) is 2.54. The van der Waals surface area contributed by atoms with Crippen molar-refractivity contribution < 1.29 is 19.4 Å². The summed E-state index contributed by atoms with van der Waals surface area (Å²) in [6.07, 6.45) is 3.85. The Balaban J connectivity index is 2.50. The van der Waals surface area contributed by atoms with E-state index in [1.807, 2.05) is 6.92 Å². The maximum Gasteiger partial charge on any atom is 0.328 e. The highest BCUT2D eigenvalue weighted by atomic mass is 16.5. The van der Waals surface area contributed by atoms with E-state index in [4.69, 9.17) is 9.84 Å². The molecule has 0 aliphatic carbocycles. The van der Waals surface area contributed by atoms with E-state index in [9.17, 15) is 9.59 Å². The van der Waals surface area contributed by atoms with E-state index in [2.05, 4.69) is 0 Å². The molecular formula is C11H17NO4. The quantitative estimate of drug-likeness (QED) is 0.700. The van der Waals surface area contributed by atoms with E-state index in [-0.39, 0.29) is 11.9 Å². The predicted molar refractivity (Wildman–Crippen MR) is 58.0 cm³/mol. The fourth-order valence-corrected chi connectivity index (χ4v) is 1.79. The molecule has 0 saturated carbocycles. The van der Waals surface area contributed by atoms with Crippen LogP contribution in [0.1, 0.15) is 19.8 Å². The largest absolute Gasteiger partial charge is 0.478 e. The van der Waals surface area contributed by atoms with Gasteiger partial charge in [-0.3, -0.25) is 4.79 Å². The summed E-state index contributed by atoms with van der Waals surface area (Å²) in [5.74, 6) is -1.35. The maximum absolute atomic E-state index is 11.6. The minimum atomic E-state index is -1.10. The zero-order valence-corrected chi connectivity index (χ0v) is 9.39. The van der Waals surface area contributed by atoms with Crippen LogP contribution in [0.15, 0.2) is 12.2 Å². The molecule has 0 aromatic rings. The second-order valence-electron chi connectivity index (χ2n) is 3.66. The number of carboxylic acid groups (broad SMARTS) is 1. The van der Waals surface area contributed by atoms with Gasteiger partial charge < -0.3 is 14.7 Å². The van der Waals surface area contributed by atoms with Crippen LogP contribution in [0.4, 0.5) is 0 Å². The van der Waals surface area contributed by atoms with Gasteiger partial charge in [0, 0.05) is 25.3 Å². The average molecular weight is 227 g/mol. The van der Waals surface area contributed by atoms with Crippen molar-refractivity contribution in [3.8, 4) is 0 Å². The van der Waals surface area contributed by atoms with Crippen molar-refractivity contribution in [2.45, 2.75) is 25.8 Å². The van der Waals surface area contributed by atoms with Crippen LogP contribution in [0.5, 0.6) is 0 Å². The number of likely N-dealkylation sites (tertiary alicyclic amines) is 1. The highest BCUT2D eigenvalue weighted by Gasteiger charge is 2.27. The van der Waals surface area contributed by atoms with Gasteiger partial charge in [0.1, 0.15) is 0 Å². The standard InChI is InChI=1S/C11H17NO4/c1-2-16-8-9-4-3-7-12(9)10(13)5-6-11(14)15/h5-6,9H,2-4,7-8H2,1H3,(H,14,15)/b6-5+. The van der Waals surface area contributed by atoms with Crippen molar-refractivity contribution in [2.24, 2.45) is 0 Å². The summed E-state index contributed by atoms with van der Waals surface area (Å²) in [5, 5.41) is 8.43. The fraction of sp³-hybridized carbons (Fsp3) is 0.636. The minimum absolute atomic E-state index is 0.0888. The average Bonchev–Trinajstić information content (AvgIpc) is 2.71. The van der Waals surface area contributed by atoms with Crippen LogP contribution in [0.2, 0.25) is 0 Å². The van der Waals surface area contributed by atoms with Crippen molar-refractivity contribution >= 4 is 11.9 Å². The van der Waals surface area contributed by atoms with Gasteiger partial charge in [-0.1, -0.05) is 0 Å². The SMILES string of the molecule is CCOCC1CCCN1C(=O)/C=C/C(=O)O. The summed E-state index contributed by atoms with van der Waals surface area (Å²) < 4.78 is 5.29. The summed E-state index contributed by atoms with van der Waals surface area (Å²) in [6.45, 7) is 3.75. The molecule has 90 valence electrons. The lowest BCUT2D eigenvalue weighted by Crippen LogP contribution is -2.37. The number of rotatable bonds is 5. The van der Waals surface area contributed by atoms with E-state index in [0.29, 0.717) is 19.8 Å². The van der Waals surface area contributed by atoms with Gasteiger partial charge in [-0.25, -0.2) is 4.79 Å². The zero-order valence-electron chi connectivity index (χ0n) is 9.39. The molecule has 1 N–H and O–H groups in total. The molecule has 0 aromatic heterocycles. The molecule has 5 heteroatoms. The minimum Gasteiger partial charge on any atom is -0.478 e. The highest BCUT2D eigenvalue weighted by Crippen LogP contribution is 2.17. The van der Waals surface area contributed by atoms with Crippen LogP contribution in [0.25, 0.3) is 0 Å². The number of hydrogen-bond acceptors (Lipinski definition) is 3. The molecule has 0 radical (unpaired) electrons. The summed E-state index contributed by atoms with van der Waals surface area (Å²) in [6, 6.07) is 0.0888. The van der Waals surface area contributed by atoms with Crippen molar-refractivity contribution in [1.29, 1.82) is 0 Å². The lowest BCUT2D eigenvalue weighted by Gasteiger charge is -2.22. The molecule has 1 aliphatic heterocycles. The van der Waals surface area contributed by atoms with E-state index >= 15 is 0 Å². The Morgan fingerprint density at radius 3 is 2.88 bits per heavy atom. The number of ether oxygens (including phenoxy) is 1. The lowest BCUT2D eigenvalue weighted by atomic mass is 10.2. The smallest absolute Gasteiger partial charge is 0.328 e. The van der Waals surface area contributed by atoms with E-state index in [1.165, 1.54) is 0 Å². The fourth-order valence-electron chi connectivity index (χ4n) is 1.79. The van der Waals surface area contributed by atoms with Crippen LogP contribution in [-0.2, 0) is 14.3 Å². The number of carboxylic acids is 1. The summed E-state index contributed by atoms with van der Waals surface area (Å²) in [4.78, 5) is 23.6. The van der Waals surface area contributed by atoms with Crippen LogP contribution in [-0.4, -0.2) is 47.7 Å². The maximum atomic E-state index is 11.6. The topological polar surface area (TPSA) is 66.8 Å². The van der Waals surface area contributed by atoms with Crippen LogP contribution in [0.3, 0.4) is 0 Å². The Morgan fingerprint density at radius 2 is 2.25 bits per heavy atom. The number of hydrogen-bond donors (Lipinski definition) is 1. The molecule has 1 heterocycles. The number of aliphatic carboxylic acids is 1. The number of amides is 1. The van der Waals surface area contributed by atoms with Gasteiger partial charge in [0.05, 0.1) is 12.6 Å². The molecule has 1 saturated heterocycles. The Hall–Kier alpha value is -1.36. The Labute approximate surface area is 94.7 Å². The predicted octanol–water partition coefficient (Wildman–Crippen LogP) is 0.655. The molecule has 0 aromatic carbocycles. The summed E-state index contributed by atoms with van der Waals surface area (Å²) >= 11 is 0. The Bertz CT molecular complexity index is 288. The first-order valence-corrected chi connectivity index (χ1v) is 5.44. The lowest BCUT2D eigenvalue weighted by molar-refractivity contribution is -0.132. The second-order valence-corrected chi connectivity index (χ2v) is 3.66. The van der Waals surface area contributed by atoms with Gasteiger partial charge >= 0.3 is 5.97 Å². The molecule has 0 bridgehead atoms. The Morgan fingerprint density at radius 1 is 1.50 bits per heavy atom. The number of carbonyl (C=O) groups excluding carboxylic acids is 1. The molecule has 1 unspecified atom stereocenters. The Kier molecular flexibility index (Phi) is 4.98. The highest BCUT2D eigenvalue weighted by molar-refractivity contribution is 5.94. The third kappa shape index (κ3) is 3.66. The van der Waals surface area contributed by atoms with Gasteiger partial charge in [0.25, 0.3) is 0 Å². The number of nitrogens with zero attached hydrogens (tertiary/aromatic N) is 1. The molecule has 16 heavy (non-hydrogen) atoms. The summed E-state index contributed by atoms with van der Waals surface area (Å²) in [7, 11) is 0. The number of carbonyl (C=O) groups is 2. The molecule has 1 amide bonds. The first-order chi connectivity index (χ1) is 7.65.